The average molecular weight is 406 g/mol. The number of hydrogen-bond acceptors (Lipinski definition) is 3. The number of carbonyl (C=O) groups is 1. The summed E-state index contributed by atoms with van der Waals surface area (Å²) in [6.07, 6.45) is 0.878. The van der Waals surface area contributed by atoms with Gasteiger partial charge in [0.1, 0.15) is 5.75 Å². The molecule has 3 aromatic carbocycles. The van der Waals surface area contributed by atoms with Gasteiger partial charge in [-0.1, -0.05) is 73.7 Å². The Morgan fingerprint density at radius 3 is 1.86 bits per heavy atom. The number of carbonyl (C=O) groups excluding carboxylic acids is 1. The van der Waals surface area contributed by atoms with Crippen LogP contribution in [0.2, 0.25) is 0 Å². The molecule has 0 radical (unpaired) electrons. The first kappa shape index (κ1) is 21.1. The van der Waals surface area contributed by atoms with Crippen molar-refractivity contribution < 1.29 is 14.1 Å². The molecule has 3 rings (SSSR count). The van der Waals surface area contributed by atoms with E-state index >= 15 is 0 Å². The maximum absolute atomic E-state index is 14.4. The molecule has 0 aliphatic heterocycles. The number of benzene rings is 3. The molecule has 3 nitrogen and oxygen atoms in total. The first-order valence-electron chi connectivity index (χ1n) is 9.91. The monoisotopic (exact) mass is 406 g/mol. The number of aryl methyl sites for hydroxylation is 2. The predicted octanol–water partition coefficient (Wildman–Crippen LogP) is 5.55. The molecule has 150 valence electrons. The summed E-state index contributed by atoms with van der Waals surface area (Å²) >= 11 is 0. The summed E-state index contributed by atoms with van der Waals surface area (Å²) in [4.78, 5) is 13.9. The Morgan fingerprint density at radius 1 is 0.862 bits per heavy atom. The van der Waals surface area contributed by atoms with Crippen LogP contribution in [0.4, 0.5) is 0 Å². The first-order chi connectivity index (χ1) is 13.9. The Hall–Kier alpha value is -2.64. The molecule has 29 heavy (non-hydrogen) atoms. The molecule has 0 aromatic heterocycles. The van der Waals surface area contributed by atoms with Crippen molar-refractivity contribution in [3.8, 4) is 5.75 Å². The molecule has 4 heteroatoms. The fourth-order valence-electron chi connectivity index (χ4n) is 3.74. The van der Waals surface area contributed by atoms with Crippen LogP contribution in [-0.4, -0.2) is 12.1 Å². The van der Waals surface area contributed by atoms with Crippen LogP contribution in [0, 0.1) is 20.8 Å². The fraction of sp³-hybridized carbons (Fsp3) is 0.240. The van der Waals surface area contributed by atoms with Crippen LogP contribution in [0.1, 0.15) is 40.4 Å². The largest absolute Gasteiger partial charge is 0.493 e. The molecule has 0 spiro atoms. The summed E-state index contributed by atoms with van der Waals surface area (Å²) < 4.78 is 20.4. The van der Waals surface area contributed by atoms with Crippen molar-refractivity contribution in [3.05, 3.63) is 89.0 Å². The van der Waals surface area contributed by atoms with Gasteiger partial charge in [0, 0.05) is 21.7 Å². The minimum absolute atomic E-state index is 0.341. The summed E-state index contributed by atoms with van der Waals surface area (Å²) in [7, 11) is -3.55. The highest BCUT2D eigenvalue weighted by Crippen LogP contribution is 2.48. The van der Waals surface area contributed by atoms with E-state index < -0.39 is 7.14 Å². The maximum atomic E-state index is 14.4. The second-order valence-electron chi connectivity index (χ2n) is 7.27. The average Bonchev–Trinajstić information content (AvgIpc) is 2.74. The summed E-state index contributed by atoms with van der Waals surface area (Å²) in [6.45, 7) is 8.39. The molecular formula is C25H27O3P. The van der Waals surface area contributed by atoms with Crippen LogP contribution >= 0.6 is 7.14 Å². The lowest BCUT2D eigenvalue weighted by atomic mass is 9.99. The van der Waals surface area contributed by atoms with E-state index in [9.17, 15) is 9.36 Å². The van der Waals surface area contributed by atoms with Gasteiger partial charge < -0.3 is 9.30 Å². The summed E-state index contributed by atoms with van der Waals surface area (Å²) in [6, 6.07) is 20.1. The lowest BCUT2D eigenvalue weighted by Crippen LogP contribution is -2.24. The number of rotatable bonds is 7. The summed E-state index contributed by atoms with van der Waals surface area (Å²) in [5, 5.41) is 1.10. The Kier molecular flexibility index (Phi) is 6.39. The van der Waals surface area contributed by atoms with Gasteiger partial charge in [-0.3, -0.25) is 4.79 Å². The smallest absolute Gasteiger partial charge is 0.230 e. The SMILES string of the molecule is CCCOc1c(C)cc(C)c(C(=O)P(=O)(c2ccccc2)c2ccccc2)c1C. The molecule has 0 amide bonds. The normalized spacial score (nSPS) is 11.3. The van der Waals surface area contributed by atoms with E-state index in [-0.39, 0.29) is 5.52 Å². The van der Waals surface area contributed by atoms with Crippen molar-refractivity contribution in [1.82, 2.24) is 0 Å². The quantitative estimate of drug-likeness (QED) is 0.483. The summed E-state index contributed by atoms with van der Waals surface area (Å²) in [5.74, 6) is 0.716. The standard InChI is InChI=1S/C25H27O3P/c1-5-16-28-24-19(3)17-18(2)23(20(24)4)25(26)29(27,21-12-8-6-9-13-21)22-14-10-7-11-15-22/h6-15,17H,5,16H2,1-4H3. The first-order valence-corrected chi connectivity index (χ1v) is 11.6. The highest BCUT2D eigenvalue weighted by molar-refractivity contribution is 7.93. The van der Waals surface area contributed by atoms with Crippen LogP contribution < -0.4 is 15.3 Å². The molecule has 0 unspecified atom stereocenters. The van der Waals surface area contributed by atoms with E-state index in [4.69, 9.17) is 4.74 Å². The van der Waals surface area contributed by atoms with Gasteiger partial charge >= 0.3 is 0 Å². The number of ether oxygens (including phenoxy) is 1. The van der Waals surface area contributed by atoms with Crippen LogP contribution in [0.5, 0.6) is 5.75 Å². The molecule has 0 aliphatic rings. The molecule has 0 saturated heterocycles. The molecule has 0 N–H and O–H groups in total. The van der Waals surface area contributed by atoms with Gasteiger partial charge in [0.05, 0.1) is 6.61 Å². The van der Waals surface area contributed by atoms with E-state index in [1.54, 1.807) is 24.3 Å². The van der Waals surface area contributed by atoms with Gasteiger partial charge in [0.25, 0.3) is 0 Å². The van der Waals surface area contributed by atoms with E-state index in [1.807, 2.05) is 70.2 Å². The third kappa shape index (κ3) is 3.93. The molecule has 0 fully saturated rings. The van der Waals surface area contributed by atoms with Gasteiger partial charge in [0.2, 0.25) is 12.7 Å². The minimum Gasteiger partial charge on any atom is -0.493 e. The Balaban J connectivity index is 2.24. The van der Waals surface area contributed by atoms with E-state index in [0.29, 0.717) is 28.5 Å². The molecule has 0 saturated carbocycles. The molecule has 0 aliphatic carbocycles. The van der Waals surface area contributed by atoms with Crippen LogP contribution in [0.25, 0.3) is 0 Å². The fourth-order valence-corrected chi connectivity index (χ4v) is 6.35. The molecule has 3 aromatic rings. The minimum atomic E-state index is -3.55. The molecule has 0 heterocycles. The lowest BCUT2D eigenvalue weighted by molar-refractivity contribution is 0.107. The topological polar surface area (TPSA) is 43.4 Å². The van der Waals surface area contributed by atoms with Crippen molar-refractivity contribution in [2.24, 2.45) is 0 Å². The zero-order valence-electron chi connectivity index (χ0n) is 17.4. The highest BCUT2D eigenvalue weighted by Gasteiger charge is 2.38. The Morgan fingerprint density at radius 2 is 1.38 bits per heavy atom. The van der Waals surface area contributed by atoms with Crippen molar-refractivity contribution in [3.63, 3.8) is 0 Å². The Bertz CT molecular complexity index is 1010. The molecule has 0 bridgehead atoms. The van der Waals surface area contributed by atoms with Gasteiger partial charge in [0.15, 0.2) is 0 Å². The second kappa shape index (κ2) is 8.80. The third-order valence-corrected chi connectivity index (χ3v) is 7.94. The van der Waals surface area contributed by atoms with Crippen molar-refractivity contribution >= 4 is 23.3 Å². The second-order valence-corrected chi connectivity index (χ2v) is 9.93. The van der Waals surface area contributed by atoms with E-state index in [2.05, 4.69) is 0 Å². The predicted molar refractivity (Wildman–Crippen MR) is 121 cm³/mol. The lowest BCUT2D eigenvalue weighted by Gasteiger charge is -2.22. The Labute approximate surface area is 173 Å². The van der Waals surface area contributed by atoms with Crippen LogP contribution in [-0.2, 0) is 4.57 Å². The van der Waals surface area contributed by atoms with Gasteiger partial charge in [-0.05, 0) is 38.3 Å². The van der Waals surface area contributed by atoms with Crippen molar-refractivity contribution in [2.75, 3.05) is 6.61 Å². The van der Waals surface area contributed by atoms with Crippen LogP contribution in [0.3, 0.4) is 0 Å². The van der Waals surface area contributed by atoms with Gasteiger partial charge in [-0.2, -0.15) is 0 Å². The zero-order chi connectivity index (χ0) is 21.0. The van der Waals surface area contributed by atoms with E-state index in [1.165, 1.54) is 0 Å². The van der Waals surface area contributed by atoms with Gasteiger partial charge in [-0.15, -0.1) is 0 Å². The molecule has 0 atom stereocenters. The van der Waals surface area contributed by atoms with E-state index in [0.717, 1.165) is 23.1 Å². The van der Waals surface area contributed by atoms with Crippen molar-refractivity contribution in [1.29, 1.82) is 0 Å². The summed E-state index contributed by atoms with van der Waals surface area (Å²) in [5.41, 5.74) is 2.72. The highest BCUT2D eigenvalue weighted by atomic mass is 31.2. The van der Waals surface area contributed by atoms with Crippen LogP contribution in [0.15, 0.2) is 66.7 Å². The van der Waals surface area contributed by atoms with Crippen molar-refractivity contribution in [2.45, 2.75) is 34.1 Å². The zero-order valence-corrected chi connectivity index (χ0v) is 18.3. The number of hydrogen-bond donors (Lipinski definition) is 0. The maximum Gasteiger partial charge on any atom is 0.230 e. The van der Waals surface area contributed by atoms with Gasteiger partial charge in [-0.25, -0.2) is 0 Å². The third-order valence-electron chi connectivity index (χ3n) is 5.09. The molecular weight excluding hydrogens is 379 g/mol.